The molecule has 1 fully saturated rings. The highest BCUT2D eigenvalue weighted by atomic mass is 16.6. The van der Waals surface area contributed by atoms with Gasteiger partial charge in [-0.25, -0.2) is 10.4 Å². The normalized spacial score (nSPS) is 19.9. The lowest BCUT2D eigenvalue weighted by molar-refractivity contribution is -0.402. The van der Waals surface area contributed by atoms with E-state index >= 15 is 0 Å². The summed E-state index contributed by atoms with van der Waals surface area (Å²) in [6, 6.07) is 2.64. The summed E-state index contributed by atoms with van der Waals surface area (Å²) in [5.74, 6) is -0.0865. The van der Waals surface area contributed by atoms with Crippen LogP contribution in [0.4, 0.5) is 5.88 Å². The second-order valence-electron chi connectivity index (χ2n) is 3.49. The summed E-state index contributed by atoms with van der Waals surface area (Å²) in [7, 11) is 0. The van der Waals surface area contributed by atoms with E-state index in [-0.39, 0.29) is 23.8 Å². The van der Waals surface area contributed by atoms with Gasteiger partial charge in [0.05, 0.1) is 18.8 Å². The smallest absolute Gasteiger partial charge is 0.433 e. The number of amidine groups is 1. The maximum absolute atomic E-state index is 10.4. The van der Waals surface area contributed by atoms with Crippen molar-refractivity contribution in [2.24, 2.45) is 5.10 Å². The standard InChI is InChI=1S/C9H10N4O4/c1-6-5-12(9(10)16-6)11-4-7-2-3-8(17-7)13(14)15/h2-4,6,10H,5H2,1H3/b10-9?,11-4+. The van der Waals surface area contributed by atoms with E-state index in [0.717, 1.165) is 0 Å². The summed E-state index contributed by atoms with van der Waals surface area (Å²) in [5.41, 5.74) is 0. The SMILES string of the molecule is CC1CN(/N=C/c2ccc([N+](=O)[O-])o2)C(=N)O1. The fraction of sp³-hybridized carbons (Fsp3) is 0.333. The molecule has 1 atom stereocenters. The van der Waals surface area contributed by atoms with Crippen molar-refractivity contribution < 1.29 is 14.1 Å². The number of furan rings is 1. The molecule has 1 aromatic heterocycles. The predicted octanol–water partition coefficient (Wildman–Crippen LogP) is 1.18. The van der Waals surface area contributed by atoms with Crippen LogP contribution in [0.1, 0.15) is 12.7 Å². The van der Waals surface area contributed by atoms with Gasteiger partial charge in [0.15, 0.2) is 5.76 Å². The van der Waals surface area contributed by atoms with Crippen LogP contribution < -0.4 is 0 Å². The summed E-state index contributed by atoms with van der Waals surface area (Å²) in [6.45, 7) is 2.29. The zero-order valence-electron chi connectivity index (χ0n) is 8.99. The summed E-state index contributed by atoms with van der Waals surface area (Å²) >= 11 is 0. The second kappa shape index (κ2) is 4.24. The molecule has 0 radical (unpaired) electrons. The molecule has 0 aliphatic carbocycles. The van der Waals surface area contributed by atoms with Crippen molar-refractivity contribution in [3.05, 3.63) is 28.0 Å². The van der Waals surface area contributed by atoms with Crippen LogP contribution in [-0.2, 0) is 4.74 Å². The predicted molar refractivity (Wildman–Crippen MR) is 57.9 cm³/mol. The molecule has 1 aromatic rings. The Morgan fingerprint density at radius 3 is 3.00 bits per heavy atom. The molecule has 8 nitrogen and oxygen atoms in total. The van der Waals surface area contributed by atoms with Gasteiger partial charge in [-0.15, -0.1) is 0 Å². The third-order valence-electron chi connectivity index (χ3n) is 2.09. The molecule has 17 heavy (non-hydrogen) atoms. The molecule has 1 saturated heterocycles. The van der Waals surface area contributed by atoms with Crippen LogP contribution in [0.2, 0.25) is 0 Å². The lowest BCUT2D eigenvalue weighted by Gasteiger charge is -2.04. The molecule has 0 saturated carbocycles. The lowest BCUT2D eigenvalue weighted by atomic mass is 10.4. The summed E-state index contributed by atoms with van der Waals surface area (Å²) < 4.78 is 9.94. The molecular weight excluding hydrogens is 228 g/mol. The molecule has 1 N–H and O–H groups in total. The van der Waals surface area contributed by atoms with Gasteiger partial charge in [-0.05, 0) is 13.0 Å². The molecule has 2 heterocycles. The molecule has 1 aliphatic rings. The van der Waals surface area contributed by atoms with E-state index < -0.39 is 4.92 Å². The van der Waals surface area contributed by atoms with Crippen molar-refractivity contribution in [3.63, 3.8) is 0 Å². The molecule has 8 heteroatoms. The van der Waals surface area contributed by atoms with E-state index in [1.165, 1.54) is 23.4 Å². The Morgan fingerprint density at radius 1 is 1.71 bits per heavy atom. The highest BCUT2D eigenvalue weighted by Gasteiger charge is 2.24. The van der Waals surface area contributed by atoms with Gasteiger partial charge in [0, 0.05) is 0 Å². The van der Waals surface area contributed by atoms with Crippen LogP contribution in [0.25, 0.3) is 0 Å². The van der Waals surface area contributed by atoms with Crippen molar-refractivity contribution in [1.82, 2.24) is 5.01 Å². The van der Waals surface area contributed by atoms with Crippen molar-refractivity contribution in [3.8, 4) is 0 Å². The van der Waals surface area contributed by atoms with Gasteiger partial charge in [-0.3, -0.25) is 10.1 Å². The van der Waals surface area contributed by atoms with Crippen LogP contribution in [0.3, 0.4) is 0 Å². The monoisotopic (exact) mass is 238 g/mol. The topological polar surface area (TPSA) is 105 Å². The molecule has 1 aliphatic heterocycles. The first-order chi connectivity index (χ1) is 8.06. The minimum Gasteiger partial charge on any atom is -0.459 e. The van der Waals surface area contributed by atoms with E-state index in [4.69, 9.17) is 14.6 Å². The molecule has 0 aromatic carbocycles. The van der Waals surface area contributed by atoms with Gasteiger partial charge in [0.1, 0.15) is 11.0 Å². The van der Waals surface area contributed by atoms with E-state index in [1.54, 1.807) is 0 Å². The number of rotatable bonds is 3. The number of nitro groups is 1. The first kappa shape index (κ1) is 11.1. The van der Waals surface area contributed by atoms with Crippen LogP contribution in [0, 0.1) is 15.5 Å². The first-order valence-electron chi connectivity index (χ1n) is 4.87. The Bertz CT molecular complexity index is 481. The third-order valence-corrected chi connectivity index (χ3v) is 2.09. The zero-order valence-corrected chi connectivity index (χ0v) is 8.99. The molecule has 0 spiro atoms. The fourth-order valence-electron chi connectivity index (χ4n) is 1.35. The Morgan fingerprint density at radius 2 is 2.47 bits per heavy atom. The number of ether oxygens (including phenoxy) is 1. The van der Waals surface area contributed by atoms with Crippen molar-refractivity contribution >= 4 is 18.1 Å². The van der Waals surface area contributed by atoms with E-state index in [9.17, 15) is 10.1 Å². The van der Waals surface area contributed by atoms with Crippen LogP contribution in [0.5, 0.6) is 0 Å². The Balaban J connectivity index is 2.05. The number of nitrogens with zero attached hydrogens (tertiary/aromatic N) is 3. The average Bonchev–Trinajstić information content (AvgIpc) is 2.82. The highest BCUT2D eigenvalue weighted by Crippen LogP contribution is 2.15. The van der Waals surface area contributed by atoms with E-state index in [0.29, 0.717) is 6.54 Å². The average molecular weight is 238 g/mol. The Kier molecular flexibility index (Phi) is 2.77. The maximum atomic E-state index is 10.4. The largest absolute Gasteiger partial charge is 0.459 e. The Labute approximate surface area is 96.1 Å². The van der Waals surface area contributed by atoms with Crippen LogP contribution in [0.15, 0.2) is 21.7 Å². The van der Waals surface area contributed by atoms with Gasteiger partial charge in [-0.1, -0.05) is 0 Å². The van der Waals surface area contributed by atoms with Gasteiger partial charge >= 0.3 is 11.9 Å². The third kappa shape index (κ3) is 2.41. The van der Waals surface area contributed by atoms with E-state index in [2.05, 4.69) is 5.10 Å². The quantitative estimate of drug-likeness (QED) is 0.483. The highest BCUT2D eigenvalue weighted by molar-refractivity contribution is 5.79. The molecule has 90 valence electrons. The summed E-state index contributed by atoms with van der Waals surface area (Å²) in [6.07, 6.45) is 1.22. The zero-order chi connectivity index (χ0) is 12.4. The minimum atomic E-state index is -0.625. The van der Waals surface area contributed by atoms with Crippen molar-refractivity contribution in [2.45, 2.75) is 13.0 Å². The summed E-state index contributed by atoms with van der Waals surface area (Å²) in [5, 5.41) is 23.1. The molecular formula is C9H10N4O4. The van der Waals surface area contributed by atoms with Gasteiger partial charge < -0.3 is 9.15 Å². The van der Waals surface area contributed by atoms with E-state index in [1.807, 2.05) is 6.92 Å². The first-order valence-corrected chi connectivity index (χ1v) is 4.87. The Hall–Kier alpha value is -2.38. The number of hydrazone groups is 1. The van der Waals surface area contributed by atoms with Crippen LogP contribution in [-0.4, -0.2) is 34.8 Å². The van der Waals surface area contributed by atoms with Crippen molar-refractivity contribution in [1.29, 1.82) is 5.41 Å². The number of nitrogens with one attached hydrogen (secondary N) is 1. The molecule has 2 rings (SSSR count). The molecule has 1 unspecified atom stereocenters. The molecule has 0 amide bonds. The van der Waals surface area contributed by atoms with Crippen molar-refractivity contribution in [2.75, 3.05) is 6.54 Å². The number of hydrogen-bond donors (Lipinski definition) is 1. The van der Waals surface area contributed by atoms with Gasteiger partial charge in [-0.2, -0.15) is 5.10 Å². The van der Waals surface area contributed by atoms with Crippen LogP contribution >= 0.6 is 0 Å². The fourth-order valence-corrected chi connectivity index (χ4v) is 1.35. The lowest BCUT2D eigenvalue weighted by Crippen LogP contribution is -2.18. The minimum absolute atomic E-state index is 0.0465. The maximum Gasteiger partial charge on any atom is 0.433 e. The van der Waals surface area contributed by atoms with Gasteiger partial charge in [0.2, 0.25) is 0 Å². The molecule has 0 bridgehead atoms. The van der Waals surface area contributed by atoms with Gasteiger partial charge in [0.25, 0.3) is 0 Å². The second-order valence-corrected chi connectivity index (χ2v) is 3.49. The summed E-state index contributed by atoms with van der Waals surface area (Å²) in [4.78, 5) is 9.75. The number of hydrogen-bond acceptors (Lipinski definition) is 6.